The lowest BCUT2D eigenvalue weighted by Gasteiger charge is -2.25. The molecule has 0 atom stereocenters. The zero-order chi connectivity index (χ0) is 28.7. The first-order chi connectivity index (χ1) is 18.9. The second-order valence-electron chi connectivity index (χ2n) is 11.1. The van der Waals surface area contributed by atoms with Gasteiger partial charge in [-0.05, 0) is 75.8 Å². The third-order valence-electron chi connectivity index (χ3n) is 6.80. The fraction of sp³-hybridized carbons (Fsp3) is 0.345. The number of H-pyrrole nitrogens is 1. The van der Waals surface area contributed by atoms with E-state index >= 15 is 0 Å². The van der Waals surface area contributed by atoms with Gasteiger partial charge < -0.3 is 14.8 Å². The van der Waals surface area contributed by atoms with Crippen LogP contribution in [0.25, 0.3) is 33.5 Å². The van der Waals surface area contributed by atoms with Crippen LogP contribution < -0.4 is 9.46 Å². The number of hydrogen-bond acceptors (Lipinski definition) is 6. The number of ether oxygens (including phenoxy) is 1. The summed E-state index contributed by atoms with van der Waals surface area (Å²) in [5.41, 5.74) is 3.73. The van der Waals surface area contributed by atoms with Crippen LogP contribution >= 0.6 is 11.6 Å². The highest BCUT2D eigenvalue weighted by molar-refractivity contribution is 7.89. The first-order valence-electron chi connectivity index (χ1n) is 13.1. The second-order valence-corrected chi connectivity index (χ2v) is 13.2. The highest BCUT2D eigenvalue weighted by Gasteiger charge is 2.27. The van der Waals surface area contributed by atoms with E-state index in [2.05, 4.69) is 19.7 Å². The molecule has 1 saturated carbocycles. The molecule has 3 N–H and O–H groups in total. The topological polar surface area (TPSA) is 134 Å². The van der Waals surface area contributed by atoms with E-state index in [1.54, 1.807) is 51.1 Å². The molecular weight excluding hydrogens is 552 g/mol. The summed E-state index contributed by atoms with van der Waals surface area (Å²) in [4.78, 5) is 23.7. The quantitative estimate of drug-likeness (QED) is 0.242. The minimum Gasteiger partial charge on any atom is -0.481 e. The molecule has 0 amide bonds. The van der Waals surface area contributed by atoms with Crippen LogP contribution in [0.4, 0.5) is 0 Å². The number of carbonyl (C=O) groups is 1. The maximum atomic E-state index is 12.6. The van der Waals surface area contributed by atoms with Gasteiger partial charge in [0.2, 0.25) is 10.0 Å². The third-order valence-corrected chi connectivity index (χ3v) is 8.87. The van der Waals surface area contributed by atoms with Gasteiger partial charge in [-0.2, -0.15) is 4.98 Å². The highest BCUT2D eigenvalue weighted by atomic mass is 35.5. The molecule has 9 nitrogen and oxygen atoms in total. The van der Waals surface area contributed by atoms with Crippen molar-refractivity contribution in [3.63, 3.8) is 0 Å². The Kier molecular flexibility index (Phi) is 7.60. The summed E-state index contributed by atoms with van der Waals surface area (Å²) < 4.78 is 33.8. The van der Waals surface area contributed by atoms with E-state index in [1.165, 1.54) is 0 Å². The number of aromatic nitrogens is 3. The number of aliphatic carboxylic acids is 1. The Morgan fingerprint density at radius 1 is 0.975 bits per heavy atom. The summed E-state index contributed by atoms with van der Waals surface area (Å²) in [5.74, 6) is -1.06. The molecule has 1 aliphatic carbocycles. The van der Waals surface area contributed by atoms with Crippen molar-refractivity contribution in [1.82, 2.24) is 19.7 Å². The van der Waals surface area contributed by atoms with Crippen molar-refractivity contribution < 1.29 is 23.1 Å². The number of halogens is 1. The Bertz CT molecular complexity index is 1640. The van der Waals surface area contributed by atoms with E-state index in [1.807, 2.05) is 24.3 Å². The van der Waals surface area contributed by atoms with Gasteiger partial charge in [0.05, 0.1) is 27.0 Å². The number of carboxylic acid groups (broad SMARTS) is 1. The maximum Gasteiger partial charge on any atom is 0.306 e. The maximum absolute atomic E-state index is 12.6. The minimum absolute atomic E-state index is 0.0948. The lowest BCUT2D eigenvalue weighted by molar-refractivity contribution is -0.143. The summed E-state index contributed by atoms with van der Waals surface area (Å²) in [6, 6.07) is 16.5. The summed E-state index contributed by atoms with van der Waals surface area (Å²) in [5, 5.41) is 9.65. The van der Waals surface area contributed by atoms with Crippen LogP contribution in [0.2, 0.25) is 5.02 Å². The molecule has 5 rings (SSSR count). The monoisotopic (exact) mass is 582 g/mol. The first-order valence-corrected chi connectivity index (χ1v) is 14.9. The zero-order valence-corrected chi connectivity index (χ0v) is 24.0. The average Bonchev–Trinajstić information content (AvgIpc) is 3.28. The fourth-order valence-corrected chi connectivity index (χ4v) is 6.53. The Balaban J connectivity index is 1.31. The van der Waals surface area contributed by atoms with Gasteiger partial charge >= 0.3 is 5.97 Å². The van der Waals surface area contributed by atoms with Crippen LogP contribution in [-0.2, 0) is 14.8 Å². The number of imidazole rings is 1. The zero-order valence-electron chi connectivity index (χ0n) is 22.4. The molecule has 2 aromatic carbocycles. The van der Waals surface area contributed by atoms with Crippen molar-refractivity contribution in [3.05, 3.63) is 59.6 Å². The summed E-state index contributed by atoms with van der Waals surface area (Å²) in [6.45, 7) is 5.40. The van der Waals surface area contributed by atoms with Gasteiger partial charge in [-0.1, -0.05) is 48.0 Å². The predicted molar refractivity (Wildman–Crippen MR) is 154 cm³/mol. The van der Waals surface area contributed by atoms with E-state index in [-0.39, 0.29) is 16.9 Å². The van der Waals surface area contributed by atoms with Gasteiger partial charge in [-0.3, -0.25) is 4.79 Å². The molecule has 0 radical (unpaired) electrons. The van der Waals surface area contributed by atoms with Gasteiger partial charge in [0, 0.05) is 11.1 Å². The van der Waals surface area contributed by atoms with Gasteiger partial charge in [-0.15, -0.1) is 0 Å². The molecule has 2 heterocycles. The molecular formula is C29H31ClN4O5S. The molecule has 0 bridgehead atoms. The Labute approximate surface area is 238 Å². The van der Waals surface area contributed by atoms with Crippen LogP contribution in [0.3, 0.4) is 0 Å². The molecule has 1 fully saturated rings. The molecule has 0 saturated heterocycles. The number of hydrogen-bond donors (Lipinski definition) is 3. The Morgan fingerprint density at radius 3 is 2.12 bits per heavy atom. The number of fused-ring (bicyclic) bond motifs is 1. The van der Waals surface area contributed by atoms with Gasteiger partial charge in [0.1, 0.15) is 6.10 Å². The van der Waals surface area contributed by atoms with Crippen molar-refractivity contribution in [3.8, 4) is 28.4 Å². The number of pyridine rings is 1. The standard InChI is InChI=1S/C29H31ClN4O5S/c1-29(2,3)34-40(37,38)22-14-10-18(11-15-22)17-4-6-19(7-5-17)25-23(30)16-24-26(32-25)33-28(31-24)39-21-12-8-20(9-13-21)27(35)36/h4-7,10-11,14-16,20-21,34H,8-9,12-13H2,1-3H3,(H,35,36)(H,31,32,33)/t20-,21-. The number of sulfonamides is 1. The molecule has 1 aliphatic rings. The summed E-state index contributed by atoms with van der Waals surface area (Å²) in [6.07, 6.45) is 2.39. The van der Waals surface area contributed by atoms with Crippen LogP contribution in [0.15, 0.2) is 59.5 Å². The van der Waals surface area contributed by atoms with Gasteiger partial charge in [0.25, 0.3) is 6.01 Å². The second kappa shape index (κ2) is 10.8. The van der Waals surface area contributed by atoms with E-state index in [4.69, 9.17) is 16.3 Å². The SMILES string of the molecule is CC(C)(C)NS(=O)(=O)c1ccc(-c2ccc(-c3nc4nc(O[C@H]5CC[C@H](C(=O)O)CC5)[nH]c4cc3Cl)cc2)cc1. The minimum atomic E-state index is -3.61. The molecule has 0 aliphatic heterocycles. The van der Waals surface area contributed by atoms with E-state index in [0.29, 0.717) is 53.6 Å². The molecule has 2 aromatic heterocycles. The lowest BCUT2D eigenvalue weighted by Crippen LogP contribution is -2.40. The smallest absolute Gasteiger partial charge is 0.306 e. The van der Waals surface area contributed by atoms with Gasteiger partial charge in [-0.25, -0.2) is 18.1 Å². The summed E-state index contributed by atoms with van der Waals surface area (Å²) in [7, 11) is -3.61. The molecule has 11 heteroatoms. The first kappa shape index (κ1) is 28.1. The number of carboxylic acids is 1. The van der Waals surface area contributed by atoms with Crippen LogP contribution in [0, 0.1) is 5.92 Å². The van der Waals surface area contributed by atoms with Crippen LogP contribution in [0.1, 0.15) is 46.5 Å². The highest BCUT2D eigenvalue weighted by Crippen LogP contribution is 2.32. The van der Waals surface area contributed by atoms with Crippen LogP contribution in [0.5, 0.6) is 6.01 Å². The molecule has 0 unspecified atom stereocenters. The average molecular weight is 583 g/mol. The number of aromatic amines is 1. The molecule has 40 heavy (non-hydrogen) atoms. The lowest BCUT2D eigenvalue weighted by atomic mass is 9.87. The van der Waals surface area contributed by atoms with E-state index in [0.717, 1.165) is 16.7 Å². The van der Waals surface area contributed by atoms with Crippen molar-refractivity contribution in [2.75, 3.05) is 0 Å². The Hall–Kier alpha value is -3.47. The van der Waals surface area contributed by atoms with E-state index < -0.39 is 21.5 Å². The summed E-state index contributed by atoms with van der Waals surface area (Å²) >= 11 is 6.58. The molecule has 210 valence electrons. The van der Waals surface area contributed by atoms with Crippen molar-refractivity contribution >= 4 is 38.8 Å². The largest absolute Gasteiger partial charge is 0.481 e. The van der Waals surface area contributed by atoms with Gasteiger partial charge in [0.15, 0.2) is 5.65 Å². The molecule has 0 spiro atoms. The van der Waals surface area contributed by atoms with Crippen molar-refractivity contribution in [2.24, 2.45) is 5.92 Å². The number of benzene rings is 2. The van der Waals surface area contributed by atoms with Crippen molar-refractivity contribution in [2.45, 2.75) is 63.0 Å². The van der Waals surface area contributed by atoms with E-state index in [9.17, 15) is 18.3 Å². The fourth-order valence-electron chi connectivity index (χ4n) is 4.85. The third kappa shape index (κ3) is 6.29. The normalized spacial score (nSPS) is 18.1. The van der Waals surface area contributed by atoms with Crippen LogP contribution in [-0.4, -0.2) is 46.1 Å². The predicted octanol–water partition coefficient (Wildman–Crippen LogP) is 6.04. The number of nitrogens with zero attached hydrogens (tertiary/aromatic N) is 2. The number of rotatable bonds is 7. The number of nitrogens with one attached hydrogen (secondary N) is 2. The Morgan fingerprint density at radius 2 is 1.55 bits per heavy atom. The molecule has 4 aromatic rings. The van der Waals surface area contributed by atoms with Crippen molar-refractivity contribution in [1.29, 1.82) is 0 Å².